The highest BCUT2D eigenvalue weighted by Gasteiger charge is 2.21. The Kier molecular flexibility index (Phi) is 6.26. The van der Waals surface area contributed by atoms with Crippen molar-refractivity contribution in [1.29, 1.82) is 0 Å². The summed E-state index contributed by atoms with van der Waals surface area (Å²) in [6.07, 6.45) is 1.81. The first kappa shape index (κ1) is 19.9. The highest BCUT2D eigenvalue weighted by molar-refractivity contribution is 6.00. The Balaban J connectivity index is 1.40. The Morgan fingerprint density at radius 1 is 0.900 bits per heavy atom. The molecular formula is C26H25NO3. The third kappa shape index (κ3) is 4.61. The summed E-state index contributed by atoms with van der Waals surface area (Å²) in [6, 6.07) is 26.8. The monoisotopic (exact) mass is 399 g/mol. The lowest BCUT2D eigenvalue weighted by Gasteiger charge is -2.08. The summed E-state index contributed by atoms with van der Waals surface area (Å²) in [7, 11) is 0. The zero-order chi connectivity index (χ0) is 20.8. The quantitative estimate of drug-likeness (QED) is 0.289. The van der Waals surface area contributed by atoms with E-state index in [1.54, 1.807) is 30.3 Å². The van der Waals surface area contributed by atoms with Gasteiger partial charge in [0.2, 0.25) is 0 Å². The van der Waals surface area contributed by atoms with Gasteiger partial charge in [0.05, 0.1) is 12.3 Å². The number of aromatic nitrogens is 1. The summed E-state index contributed by atoms with van der Waals surface area (Å²) in [5, 5.41) is 11.4. The first-order valence-corrected chi connectivity index (χ1v) is 10.3. The highest BCUT2D eigenvalue weighted by Crippen LogP contribution is 2.29. The second-order valence-corrected chi connectivity index (χ2v) is 7.37. The van der Waals surface area contributed by atoms with Crippen molar-refractivity contribution < 1.29 is 14.6 Å². The fraction of sp³-hybridized carbons (Fsp3) is 0.192. The van der Waals surface area contributed by atoms with Crippen molar-refractivity contribution in [2.75, 3.05) is 6.61 Å². The SMILES string of the molecule is O=C(c1ccccc1)C(O)c1cc2c(OCCCCc3ccccc3)cccc2[nH]1. The Labute approximate surface area is 176 Å². The van der Waals surface area contributed by atoms with Gasteiger partial charge in [0.1, 0.15) is 5.75 Å². The van der Waals surface area contributed by atoms with E-state index >= 15 is 0 Å². The van der Waals surface area contributed by atoms with Crippen LogP contribution >= 0.6 is 0 Å². The maximum atomic E-state index is 12.6. The zero-order valence-electron chi connectivity index (χ0n) is 16.8. The van der Waals surface area contributed by atoms with Crippen molar-refractivity contribution in [3.8, 4) is 5.75 Å². The fourth-order valence-corrected chi connectivity index (χ4v) is 3.58. The van der Waals surface area contributed by atoms with Gasteiger partial charge in [0, 0.05) is 16.5 Å². The third-order valence-electron chi connectivity index (χ3n) is 5.21. The Morgan fingerprint density at radius 3 is 2.40 bits per heavy atom. The number of nitrogens with one attached hydrogen (secondary N) is 1. The van der Waals surface area contributed by atoms with E-state index in [4.69, 9.17) is 4.74 Å². The van der Waals surface area contributed by atoms with E-state index < -0.39 is 6.10 Å². The second-order valence-electron chi connectivity index (χ2n) is 7.37. The molecule has 0 spiro atoms. The number of aromatic amines is 1. The molecule has 0 saturated carbocycles. The molecule has 1 heterocycles. The molecule has 1 unspecified atom stereocenters. The van der Waals surface area contributed by atoms with Crippen LogP contribution in [0.3, 0.4) is 0 Å². The van der Waals surface area contributed by atoms with Gasteiger partial charge in [-0.05, 0) is 43.0 Å². The number of hydrogen-bond donors (Lipinski definition) is 2. The summed E-state index contributed by atoms with van der Waals surface area (Å²) in [4.78, 5) is 15.7. The lowest BCUT2D eigenvalue weighted by molar-refractivity contribution is 0.0741. The van der Waals surface area contributed by atoms with Crippen molar-refractivity contribution >= 4 is 16.7 Å². The number of aryl methyl sites for hydroxylation is 1. The molecule has 152 valence electrons. The topological polar surface area (TPSA) is 62.3 Å². The number of H-pyrrole nitrogens is 1. The number of carbonyl (C=O) groups is 1. The number of unbranched alkanes of at least 4 members (excludes halogenated alkanes) is 1. The van der Waals surface area contributed by atoms with Gasteiger partial charge in [-0.2, -0.15) is 0 Å². The fourth-order valence-electron chi connectivity index (χ4n) is 3.58. The molecule has 0 fully saturated rings. The maximum absolute atomic E-state index is 12.6. The maximum Gasteiger partial charge on any atom is 0.197 e. The van der Waals surface area contributed by atoms with Crippen molar-refractivity contribution in [1.82, 2.24) is 4.98 Å². The van der Waals surface area contributed by atoms with Gasteiger partial charge in [-0.25, -0.2) is 0 Å². The smallest absolute Gasteiger partial charge is 0.197 e. The number of ether oxygens (including phenoxy) is 1. The van der Waals surface area contributed by atoms with E-state index in [9.17, 15) is 9.90 Å². The first-order valence-electron chi connectivity index (χ1n) is 10.3. The van der Waals surface area contributed by atoms with Gasteiger partial charge in [0.15, 0.2) is 11.9 Å². The predicted molar refractivity (Wildman–Crippen MR) is 119 cm³/mol. The molecule has 4 aromatic rings. The van der Waals surface area contributed by atoms with Crippen LogP contribution in [-0.2, 0) is 6.42 Å². The molecule has 0 aliphatic heterocycles. The second kappa shape index (κ2) is 9.42. The van der Waals surface area contributed by atoms with Gasteiger partial charge >= 0.3 is 0 Å². The molecule has 4 heteroatoms. The molecule has 0 aliphatic carbocycles. The number of benzene rings is 3. The number of aliphatic hydroxyl groups is 1. The molecule has 2 N–H and O–H groups in total. The number of carbonyl (C=O) groups excluding carboxylic acids is 1. The molecule has 0 aliphatic rings. The van der Waals surface area contributed by atoms with Crippen LogP contribution in [0.1, 0.15) is 40.6 Å². The summed E-state index contributed by atoms with van der Waals surface area (Å²) in [5.41, 5.74) is 3.14. The van der Waals surface area contributed by atoms with Crippen LogP contribution in [-0.4, -0.2) is 22.5 Å². The largest absolute Gasteiger partial charge is 0.493 e. The standard InChI is InChI=1S/C26H25NO3/c28-25(20-13-5-2-6-14-20)26(29)23-18-21-22(27-23)15-9-16-24(21)30-17-8-7-12-19-10-3-1-4-11-19/h1-6,9-11,13-16,18,26-27,29H,7-8,12,17H2. The number of ketones is 1. The van der Waals surface area contributed by atoms with Crippen LogP contribution in [0, 0.1) is 0 Å². The van der Waals surface area contributed by atoms with Gasteiger partial charge in [-0.1, -0.05) is 66.7 Å². The molecule has 0 saturated heterocycles. The molecule has 3 aromatic carbocycles. The third-order valence-corrected chi connectivity index (χ3v) is 5.21. The molecule has 1 atom stereocenters. The molecule has 4 nitrogen and oxygen atoms in total. The molecular weight excluding hydrogens is 374 g/mol. The van der Waals surface area contributed by atoms with Crippen LogP contribution in [0.2, 0.25) is 0 Å². The van der Waals surface area contributed by atoms with Crippen LogP contribution in [0.4, 0.5) is 0 Å². The van der Waals surface area contributed by atoms with Crippen LogP contribution in [0.25, 0.3) is 10.9 Å². The van der Waals surface area contributed by atoms with Crippen molar-refractivity contribution in [3.63, 3.8) is 0 Å². The normalized spacial score (nSPS) is 12.0. The summed E-state index contributed by atoms with van der Waals surface area (Å²) >= 11 is 0. The molecule has 30 heavy (non-hydrogen) atoms. The van der Waals surface area contributed by atoms with E-state index in [0.29, 0.717) is 17.9 Å². The van der Waals surface area contributed by atoms with E-state index in [-0.39, 0.29) is 5.78 Å². The minimum Gasteiger partial charge on any atom is -0.493 e. The van der Waals surface area contributed by atoms with E-state index in [1.807, 2.05) is 30.3 Å². The Hall–Kier alpha value is -3.37. The van der Waals surface area contributed by atoms with Gasteiger partial charge < -0.3 is 14.8 Å². The number of hydrogen-bond acceptors (Lipinski definition) is 3. The molecule has 0 amide bonds. The number of aliphatic hydroxyl groups excluding tert-OH is 1. The van der Waals surface area contributed by atoms with Crippen LogP contribution in [0.5, 0.6) is 5.75 Å². The number of rotatable bonds is 9. The van der Waals surface area contributed by atoms with Crippen molar-refractivity contribution in [3.05, 3.63) is 102 Å². The molecule has 4 rings (SSSR count). The Morgan fingerprint density at radius 2 is 1.63 bits per heavy atom. The lowest BCUT2D eigenvalue weighted by Crippen LogP contribution is -2.12. The lowest BCUT2D eigenvalue weighted by atomic mass is 10.0. The van der Waals surface area contributed by atoms with Gasteiger partial charge in [-0.15, -0.1) is 0 Å². The van der Waals surface area contributed by atoms with E-state index in [2.05, 4.69) is 29.2 Å². The minimum atomic E-state index is -1.24. The first-order chi connectivity index (χ1) is 14.7. The summed E-state index contributed by atoms with van der Waals surface area (Å²) in [5.74, 6) is 0.430. The van der Waals surface area contributed by atoms with Crippen LogP contribution in [0.15, 0.2) is 84.9 Å². The number of fused-ring (bicyclic) bond motifs is 1. The summed E-state index contributed by atoms with van der Waals surface area (Å²) < 4.78 is 6.01. The minimum absolute atomic E-state index is 0.328. The predicted octanol–water partition coefficient (Wildman–Crippen LogP) is 5.49. The average Bonchev–Trinajstić information content (AvgIpc) is 3.24. The Bertz CT molecular complexity index is 1100. The number of Topliss-reactive ketones (excluding diaryl/α,β-unsaturated/α-hetero) is 1. The highest BCUT2D eigenvalue weighted by atomic mass is 16.5. The zero-order valence-corrected chi connectivity index (χ0v) is 16.8. The van der Waals surface area contributed by atoms with Crippen molar-refractivity contribution in [2.24, 2.45) is 0 Å². The van der Waals surface area contributed by atoms with E-state index in [1.165, 1.54) is 5.56 Å². The van der Waals surface area contributed by atoms with Crippen molar-refractivity contribution in [2.45, 2.75) is 25.4 Å². The van der Waals surface area contributed by atoms with Gasteiger partial charge in [0.25, 0.3) is 0 Å². The molecule has 0 radical (unpaired) electrons. The van der Waals surface area contributed by atoms with E-state index in [0.717, 1.165) is 35.9 Å². The molecule has 0 bridgehead atoms. The van der Waals surface area contributed by atoms with Crippen LogP contribution < -0.4 is 4.74 Å². The van der Waals surface area contributed by atoms with Gasteiger partial charge in [-0.3, -0.25) is 4.79 Å². The molecule has 1 aromatic heterocycles. The average molecular weight is 399 g/mol. The summed E-state index contributed by atoms with van der Waals surface area (Å²) in [6.45, 7) is 0.623.